The van der Waals surface area contributed by atoms with E-state index in [1.54, 1.807) is 11.8 Å². The molecule has 0 aliphatic carbocycles. The molecular formula is C16H22N2O2S2. The number of hydrogen-bond acceptors (Lipinski definition) is 4. The highest BCUT2D eigenvalue weighted by molar-refractivity contribution is 8.22. The maximum Gasteiger partial charge on any atom is 0.321 e. The van der Waals surface area contributed by atoms with Gasteiger partial charge in [0.1, 0.15) is 10.4 Å². The topological polar surface area (TPSA) is 43.8 Å². The molecule has 1 aromatic rings. The van der Waals surface area contributed by atoms with Crippen molar-refractivity contribution in [1.29, 1.82) is 0 Å². The molecule has 0 aromatic heterocycles. The summed E-state index contributed by atoms with van der Waals surface area (Å²) in [6, 6.07) is 9.68. The maximum atomic E-state index is 11.6. The van der Waals surface area contributed by atoms with Gasteiger partial charge in [-0.15, -0.1) is 0 Å². The van der Waals surface area contributed by atoms with Crippen LogP contribution in [0.3, 0.4) is 0 Å². The van der Waals surface area contributed by atoms with E-state index in [9.17, 15) is 9.90 Å². The zero-order chi connectivity index (χ0) is 16.1. The van der Waals surface area contributed by atoms with Crippen molar-refractivity contribution in [2.45, 2.75) is 32.9 Å². The Bertz CT molecular complexity index is 522. The third-order valence-corrected chi connectivity index (χ3v) is 5.18. The molecule has 0 amide bonds. The minimum Gasteiger partial charge on any atom is -0.480 e. The first-order chi connectivity index (χ1) is 10.5. The van der Waals surface area contributed by atoms with Gasteiger partial charge in [0.05, 0.1) is 12.5 Å². The van der Waals surface area contributed by atoms with Crippen LogP contribution in [0.4, 0.5) is 0 Å². The van der Waals surface area contributed by atoms with E-state index in [1.165, 1.54) is 5.56 Å². The molecule has 1 saturated heterocycles. The van der Waals surface area contributed by atoms with Crippen LogP contribution in [0.2, 0.25) is 0 Å². The summed E-state index contributed by atoms with van der Waals surface area (Å²) in [4.78, 5) is 15.7. The second kappa shape index (κ2) is 7.94. The zero-order valence-electron chi connectivity index (χ0n) is 12.9. The van der Waals surface area contributed by atoms with Crippen molar-refractivity contribution in [3.05, 3.63) is 35.9 Å². The number of thiocarbonyl (C=S) groups is 1. The van der Waals surface area contributed by atoms with Gasteiger partial charge in [-0.25, -0.2) is 0 Å². The summed E-state index contributed by atoms with van der Waals surface area (Å²) in [5, 5.41) is 9.51. The minimum atomic E-state index is -0.748. The third-order valence-electron chi connectivity index (χ3n) is 3.60. The first-order valence-corrected chi connectivity index (χ1v) is 8.79. The Morgan fingerprint density at radius 1 is 1.36 bits per heavy atom. The number of nitrogens with zero attached hydrogens (tertiary/aromatic N) is 2. The molecule has 1 aliphatic heterocycles. The molecule has 1 aromatic carbocycles. The van der Waals surface area contributed by atoms with Crippen molar-refractivity contribution in [2.24, 2.45) is 5.92 Å². The molecule has 1 heterocycles. The van der Waals surface area contributed by atoms with Gasteiger partial charge in [0, 0.05) is 6.54 Å². The van der Waals surface area contributed by atoms with Crippen LogP contribution < -0.4 is 0 Å². The first-order valence-electron chi connectivity index (χ1n) is 7.40. The van der Waals surface area contributed by atoms with Crippen LogP contribution in [0.5, 0.6) is 0 Å². The number of benzene rings is 1. The van der Waals surface area contributed by atoms with Gasteiger partial charge >= 0.3 is 5.97 Å². The summed E-state index contributed by atoms with van der Waals surface area (Å²) >= 11 is 6.98. The lowest BCUT2D eigenvalue weighted by molar-refractivity contribution is -0.144. The summed E-state index contributed by atoms with van der Waals surface area (Å²) in [5.74, 6) is 0.248. The van der Waals surface area contributed by atoms with Crippen LogP contribution in [0.25, 0.3) is 0 Å². The Hall–Kier alpha value is -1.11. The first kappa shape index (κ1) is 17.2. The number of rotatable bonds is 6. The lowest BCUT2D eigenvalue weighted by Gasteiger charge is -2.39. The molecule has 120 valence electrons. The van der Waals surface area contributed by atoms with Gasteiger partial charge in [0.15, 0.2) is 0 Å². The fraction of sp³-hybridized carbons (Fsp3) is 0.500. The summed E-state index contributed by atoms with van der Waals surface area (Å²) in [5.41, 5.74) is 1.18. The van der Waals surface area contributed by atoms with Gasteiger partial charge in [0.2, 0.25) is 0 Å². The molecule has 0 radical (unpaired) electrons. The number of aliphatic carboxylic acids is 1. The highest BCUT2D eigenvalue weighted by Gasteiger charge is 2.31. The lowest BCUT2D eigenvalue weighted by Crippen LogP contribution is -2.51. The van der Waals surface area contributed by atoms with Crippen molar-refractivity contribution in [3.8, 4) is 0 Å². The Balaban J connectivity index is 2.06. The van der Waals surface area contributed by atoms with Crippen molar-refractivity contribution in [3.63, 3.8) is 0 Å². The Labute approximate surface area is 141 Å². The van der Waals surface area contributed by atoms with E-state index in [2.05, 4.69) is 30.9 Å². The van der Waals surface area contributed by atoms with Gasteiger partial charge < -0.3 is 10.0 Å². The van der Waals surface area contributed by atoms with Gasteiger partial charge in [-0.3, -0.25) is 9.69 Å². The van der Waals surface area contributed by atoms with E-state index in [0.29, 0.717) is 24.9 Å². The lowest BCUT2D eigenvalue weighted by atomic mass is 10.0. The normalized spacial score (nSPS) is 17.8. The van der Waals surface area contributed by atoms with Gasteiger partial charge in [0.25, 0.3) is 0 Å². The molecule has 1 unspecified atom stereocenters. The second-order valence-electron chi connectivity index (χ2n) is 5.94. The van der Waals surface area contributed by atoms with Crippen LogP contribution in [-0.4, -0.2) is 43.8 Å². The van der Waals surface area contributed by atoms with E-state index >= 15 is 0 Å². The van der Waals surface area contributed by atoms with Gasteiger partial charge in [-0.05, 0) is 17.9 Å². The summed E-state index contributed by atoms with van der Waals surface area (Å²) in [7, 11) is 0. The number of carboxylic acid groups (broad SMARTS) is 1. The summed E-state index contributed by atoms with van der Waals surface area (Å²) < 4.78 is 0.841. The quantitative estimate of drug-likeness (QED) is 0.804. The van der Waals surface area contributed by atoms with E-state index in [-0.39, 0.29) is 0 Å². The van der Waals surface area contributed by atoms with Crippen LogP contribution in [-0.2, 0) is 11.3 Å². The predicted octanol–water partition coefficient (Wildman–Crippen LogP) is 3.24. The highest BCUT2D eigenvalue weighted by Crippen LogP contribution is 2.24. The SMILES string of the molecule is CC(C)CC(C(=O)O)N1CSC(=S)N(Cc2ccccc2)C1. The van der Waals surface area contributed by atoms with Crippen molar-refractivity contribution < 1.29 is 9.90 Å². The molecule has 1 atom stereocenters. The monoisotopic (exact) mass is 338 g/mol. The average molecular weight is 338 g/mol. The fourth-order valence-corrected chi connectivity index (χ4v) is 3.63. The number of hydrogen-bond donors (Lipinski definition) is 1. The standard InChI is InChI=1S/C16H22N2O2S2/c1-12(2)8-14(15(19)20)18-10-17(16(21)22-11-18)9-13-6-4-3-5-7-13/h3-7,12,14H,8-11H2,1-2H3,(H,19,20). The van der Waals surface area contributed by atoms with Crippen LogP contribution in [0.15, 0.2) is 30.3 Å². The zero-order valence-corrected chi connectivity index (χ0v) is 14.6. The van der Waals surface area contributed by atoms with Crippen LogP contribution >= 0.6 is 24.0 Å². The average Bonchev–Trinajstić information content (AvgIpc) is 2.48. The molecule has 0 saturated carbocycles. The predicted molar refractivity (Wildman–Crippen MR) is 94.6 cm³/mol. The van der Waals surface area contributed by atoms with Gasteiger partial charge in [-0.2, -0.15) is 0 Å². The maximum absolute atomic E-state index is 11.6. The van der Waals surface area contributed by atoms with Crippen LogP contribution in [0.1, 0.15) is 25.8 Å². The molecule has 4 nitrogen and oxygen atoms in total. The Morgan fingerprint density at radius 3 is 2.64 bits per heavy atom. The fourth-order valence-electron chi connectivity index (χ4n) is 2.51. The third kappa shape index (κ3) is 4.69. The minimum absolute atomic E-state index is 0.350. The van der Waals surface area contributed by atoms with Crippen molar-refractivity contribution in [1.82, 2.24) is 9.80 Å². The molecular weight excluding hydrogens is 316 g/mol. The molecule has 6 heteroatoms. The van der Waals surface area contributed by atoms with E-state index in [0.717, 1.165) is 10.9 Å². The largest absolute Gasteiger partial charge is 0.480 e. The molecule has 22 heavy (non-hydrogen) atoms. The van der Waals surface area contributed by atoms with E-state index < -0.39 is 12.0 Å². The summed E-state index contributed by atoms with van der Waals surface area (Å²) in [6.45, 7) is 5.40. The van der Waals surface area contributed by atoms with Crippen molar-refractivity contribution >= 4 is 34.3 Å². The molecule has 1 N–H and O–H groups in total. The highest BCUT2D eigenvalue weighted by atomic mass is 32.2. The number of carbonyl (C=O) groups is 1. The molecule has 1 fully saturated rings. The van der Waals surface area contributed by atoms with Crippen LogP contribution in [0, 0.1) is 5.92 Å². The molecule has 2 rings (SSSR count). The molecule has 1 aliphatic rings. The Kier molecular flexibility index (Phi) is 6.23. The molecule has 0 bridgehead atoms. The number of carboxylic acids is 1. The Morgan fingerprint density at radius 2 is 2.05 bits per heavy atom. The van der Waals surface area contributed by atoms with E-state index in [1.807, 2.05) is 23.1 Å². The summed E-state index contributed by atoms with van der Waals surface area (Å²) in [6.07, 6.45) is 0.655. The number of thioether (sulfide) groups is 1. The molecule has 0 spiro atoms. The van der Waals surface area contributed by atoms with Crippen molar-refractivity contribution in [2.75, 3.05) is 12.5 Å². The van der Waals surface area contributed by atoms with Gasteiger partial charge in [-0.1, -0.05) is 68.2 Å². The smallest absolute Gasteiger partial charge is 0.321 e. The second-order valence-corrected chi connectivity index (χ2v) is 7.52. The van der Waals surface area contributed by atoms with E-state index in [4.69, 9.17) is 12.2 Å².